The Bertz CT molecular complexity index is 930. The lowest BCUT2D eigenvalue weighted by molar-refractivity contribution is -0.117. The van der Waals surface area contributed by atoms with Crippen molar-refractivity contribution in [3.63, 3.8) is 0 Å². The first-order chi connectivity index (χ1) is 12.9. The van der Waals surface area contributed by atoms with Gasteiger partial charge >= 0.3 is 0 Å². The van der Waals surface area contributed by atoms with Gasteiger partial charge < -0.3 is 14.6 Å². The molecule has 1 heterocycles. The second kappa shape index (κ2) is 7.15. The first-order valence-electron chi connectivity index (χ1n) is 8.45. The maximum absolute atomic E-state index is 12.8. The zero-order valence-corrected chi connectivity index (χ0v) is 15.6. The van der Waals surface area contributed by atoms with E-state index in [1.807, 2.05) is 19.1 Å². The number of aliphatic hydroxyl groups is 1. The Hall–Kier alpha value is -3.28. The largest absolute Gasteiger partial charge is 0.503 e. The number of benzene rings is 2. The number of aryl methyl sites for hydroxylation is 1. The van der Waals surface area contributed by atoms with E-state index in [0.717, 1.165) is 5.56 Å². The van der Waals surface area contributed by atoms with Crippen molar-refractivity contribution in [2.45, 2.75) is 19.9 Å². The number of ketones is 1. The average molecular weight is 367 g/mol. The number of hydrogen-bond donors (Lipinski definition) is 1. The Kier molecular flexibility index (Phi) is 4.90. The van der Waals surface area contributed by atoms with E-state index in [1.54, 1.807) is 37.4 Å². The Balaban J connectivity index is 2.22. The summed E-state index contributed by atoms with van der Waals surface area (Å²) in [5.74, 6) is -0.492. The maximum atomic E-state index is 12.8. The van der Waals surface area contributed by atoms with E-state index in [4.69, 9.17) is 9.47 Å². The molecule has 1 N–H and O–H groups in total. The third-order valence-corrected chi connectivity index (χ3v) is 4.63. The molecule has 0 aliphatic carbocycles. The fourth-order valence-electron chi connectivity index (χ4n) is 3.28. The van der Waals surface area contributed by atoms with E-state index in [2.05, 4.69) is 0 Å². The topological polar surface area (TPSA) is 76.1 Å². The number of nitrogens with zero attached hydrogens (tertiary/aromatic N) is 1. The fraction of sp³-hybridized carbons (Fsp3) is 0.238. The molecule has 3 rings (SSSR count). The van der Waals surface area contributed by atoms with Gasteiger partial charge in [0, 0.05) is 17.3 Å². The van der Waals surface area contributed by atoms with Crippen LogP contribution in [0.2, 0.25) is 0 Å². The lowest BCUT2D eigenvalue weighted by atomic mass is 9.95. The van der Waals surface area contributed by atoms with Crippen LogP contribution in [0.3, 0.4) is 0 Å². The number of anilines is 1. The van der Waals surface area contributed by atoms with Gasteiger partial charge in [-0.1, -0.05) is 17.7 Å². The van der Waals surface area contributed by atoms with Crippen molar-refractivity contribution >= 4 is 17.4 Å². The van der Waals surface area contributed by atoms with Crippen LogP contribution in [0.1, 0.15) is 24.1 Å². The normalized spacial score (nSPS) is 16.7. The summed E-state index contributed by atoms with van der Waals surface area (Å²) in [5, 5.41) is 10.4. The van der Waals surface area contributed by atoms with E-state index in [-0.39, 0.29) is 11.4 Å². The number of hydrogen-bond acceptors (Lipinski definition) is 5. The SMILES string of the molecule is COc1ccc([C@@H]2C(C(C)=O)=C(O)C(=O)N2c2ccc(C)cc2)c(OC)c1. The minimum atomic E-state index is -0.793. The standard InChI is InChI=1S/C21H21NO5/c1-12-5-7-14(8-6-12)22-19(18(13(2)23)20(24)21(22)25)16-10-9-15(26-3)11-17(16)27-4/h5-11,19,24H,1-4H3/t19-/m1/s1. The van der Waals surface area contributed by atoms with Crippen molar-refractivity contribution in [2.75, 3.05) is 19.1 Å². The average Bonchev–Trinajstić information content (AvgIpc) is 2.93. The van der Waals surface area contributed by atoms with Gasteiger partial charge in [0.15, 0.2) is 11.5 Å². The van der Waals surface area contributed by atoms with Gasteiger partial charge in [0.2, 0.25) is 0 Å². The minimum Gasteiger partial charge on any atom is -0.503 e. The highest BCUT2D eigenvalue weighted by Gasteiger charge is 2.44. The van der Waals surface area contributed by atoms with Crippen LogP contribution in [0, 0.1) is 6.92 Å². The molecule has 0 spiro atoms. The summed E-state index contributed by atoms with van der Waals surface area (Å²) in [6, 6.07) is 11.7. The molecule has 6 nitrogen and oxygen atoms in total. The smallest absolute Gasteiger partial charge is 0.294 e. The lowest BCUT2D eigenvalue weighted by Gasteiger charge is -2.28. The first-order valence-corrected chi connectivity index (χ1v) is 8.45. The second-order valence-electron chi connectivity index (χ2n) is 6.34. The highest BCUT2D eigenvalue weighted by atomic mass is 16.5. The van der Waals surface area contributed by atoms with Crippen LogP contribution in [0.4, 0.5) is 5.69 Å². The second-order valence-corrected chi connectivity index (χ2v) is 6.34. The molecule has 0 unspecified atom stereocenters. The molecule has 1 aliphatic heterocycles. The van der Waals surface area contributed by atoms with Crippen LogP contribution in [-0.2, 0) is 9.59 Å². The maximum Gasteiger partial charge on any atom is 0.294 e. The highest BCUT2D eigenvalue weighted by Crippen LogP contribution is 2.44. The molecule has 1 atom stereocenters. The molecule has 0 fully saturated rings. The van der Waals surface area contributed by atoms with Crippen molar-refractivity contribution in [1.29, 1.82) is 0 Å². The van der Waals surface area contributed by atoms with Crippen molar-refractivity contribution in [3.8, 4) is 11.5 Å². The van der Waals surface area contributed by atoms with Crippen molar-refractivity contribution in [1.82, 2.24) is 0 Å². The zero-order chi connectivity index (χ0) is 19.7. The van der Waals surface area contributed by atoms with Crippen molar-refractivity contribution in [2.24, 2.45) is 0 Å². The monoisotopic (exact) mass is 367 g/mol. The van der Waals surface area contributed by atoms with Crippen LogP contribution in [0.5, 0.6) is 11.5 Å². The summed E-state index contributed by atoms with van der Waals surface area (Å²) < 4.78 is 10.7. The van der Waals surface area contributed by atoms with Crippen LogP contribution < -0.4 is 14.4 Å². The molecule has 0 radical (unpaired) electrons. The van der Waals surface area contributed by atoms with E-state index in [0.29, 0.717) is 22.7 Å². The van der Waals surface area contributed by atoms with Crippen molar-refractivity contribution in [3.05, 3.63) is 64.9 Å². The van der Waals surface area contributed by atoms with E-state index in [1.165, 1.54) is 18.9 Å². The number of carbonyl (C=O) groups is 2. The van der Waals surface area contributed by atoms with Gasteiger partial charge in [-0.25, -0.2) is 0 Å². The van der Waals surface area contributed by atoms with Crippen LogP contribution >= 0.6 is 0 Å². The Morgan fingerprint density at radius 1 is 1.07 bits per heavy atom. The molecule has 0 saturated heterocycles. The minimum absolute atomic E-state index is 0.0454. The summed E-state index contributed by atoms with van der Waals surface area (Å²) in [6.45, 7) is 3.27. The third-order valence-electron chi connectivity index (χ3n) is 4.63. The van der Waals surface area contributed by atoms with Gasteiger partial charge in [0.05, 0.1) is 25.8 Å². The van der Waals surface area contributed by atoms with E-state index >= 15 is 0 Å². The van der Waals surface area contributed by atoms with Gasteiger partial charge in [0.25, 0.3) is 5.91 Å². The summed E-state index contributed by atoms with van der Waals surface area (Å²) in [5.41, 5.74) is 2.25. The molecule has 0 aromatic heterocycles. The number of aliphatic hydroxyl groups excluding tert-OH is 1. The van der Waals surface area contributed by atoms with E-state index in [9.17, 15) is 14.7 Å². The molecule has 1 amide bonds. The number of carbonyl (C=O) groups excluding carboxylic acids is 2. The van der Waals surface area contributed by atoms with Crippen LogP contribution in [0.25, 0.3) is 0 Å². The summed E-state index contributed by atoms with van der Waals surface area (Å²) in [6.07, 6.45) is 0. The molecule has 2 aromatic carbocycles. The van der Waals surface area contributed by atoms with Gasteiger partial charge in [-0.05, 0) is 38.1 Å². The molecule has 0 bridgehead atoms. The molecule has 1 aliphatic rings. The fourth-order valence-corrected chi connectivity index (χ4v) is 3.28. The van der Waals surface area contributed by atoms with Gasteiger partial charge in [-0.3, -0.25) is 14.5 Å². The highest BCUT2D eigenvalue weighted by molar-refractivity contribution is 6.16. The van der Waals surface area contributed by atoms with Gasteiger partial charge in [-0.2, -0.15) is 0 Å². The third kappa shape index (κ3) is 3.14. The summed E-state index contributed by atoms with van der Waals surface area (Å²) in [7, 11) is 3.04. The number of ether oxygens (including phenoxy) is 2. The lowest BCUT2D eigenvalue weighted by Crippen LogP contribution is -2.31. The predicted molar refractivity (Wildman–Crippen MR) is 101 cm³/mol. The molecular formula is C21H21NO5. The van der Waals surface area contributed by atoms with Crippen molar-refractivity contribution < 1.29 is 24.2 Å². The predicted octanol–water partition coefficient (Wildman–Crippen LogP) is 3.50. The summed E-state index contributed by atoms with van der Waals surface area (Å²) in [4.78, 5) is 26.5. The Morgan fingerprint density at radius 2 is 1.74 bits per heavy atom. The van der Waals surface area contributed by atoms with Gasteiger partial charge in [-0.15, -0.1) is 0 Å². The molecule has 2 aromatic rings. The molecular weight excluding hydrogens is 346 g/mol. The quantitative estimate of drug-likeness (QED) is 0.875. The summed E-state index contributed by atoms with van der Waals surface area (Å²) >= 11 is 0. The van der Waals surface area contributed by atoms with Crippen LogP contribution in [0.15, 0.2) is 53.8 Å². The zero-order valence-electron chi connectivity index (χ0n) is 15.6. The first kappa shape index (κ1) is 18.5. The number of rotatable bonds is 5. The van der Waals surface area contributed by atoms with Gasteiger partial charge in [0.1, 0.15) is 11.5 Å². The Morgan fingerprint density at radius 3 is 2.30 bits per heavy atom. The van der Waals surface area contributed by atoms with Crippen LogP contribution in [-0.4, -0.2) is 31.0 Å². The number of Topliss-reactive ketones (excluding diaryl/α,β-unsaturated/α-hetero) is 1. The number of methoxy groups -OCH3 is 2. The molecule has 6 heteroatoms. The Labute approximate surface area is 157 Å². The number of amides is 1. The molecule has 0 saturated carbocycles. The molecule has 140 valence electrons. The molecule has 27 heavy (non-hydrogen) atoms. The van der Waals surface area contributed by atoms with E-state index < -0.39 is 17.7 Å².